The Morgan fingerprint density at radius 2 is 2.32 bits per heavy atom. The summed E-state index contributed by atoms with van der Waals surface area (Å²) in [5.74, 6) is 1.29. The summed E-state index contributed by atoms with van der Waals surface area (Å²) >= 11 is 1.70. The van der Waals surface area contributed by atoms with Gasteiger partial charge in [-0.2, -0.15) is 11.8 Å². The Hall–Kier alpha value is -0.750. The fourth-order valence-electron chi connectivity index (χ4n) is 2.79. The van der Waals surface area contributed by atoms with Gasteiger partial charge in [0.2, 0.25) is 11.8 Å². The first-order chi connectivity index (χ1) is 9.22. The van der Waals surface area contributed by atoms with Crippen LogP contribution in [-0.4, -0.2) is 72.4 Å². The molecular weight excluding hydrogens is 262 g/mol. The van der Waals surface area contributed by atoms with Crippen LogP contribution in [0.3, 0.4) is 0 Å². The maximum atomic E-state index is 12.1. The van der Waals surface area contributed by atoms with E-state index in [1.54, 1.807) is 11.8 Å². The quantitative estimate of drug-likeness (QED) is 0.799. The number of thioether (sulfide) groups is 1. The van der Waals surface area contributed by atoms with Gasteiger partial charge in [-0.05, 0) is 19.1 Å². The van der Waals surface area contributed by atoms with Gasteiger partial charge in [0.15, 0.2) is 0 Å². The average Bonchev–Trinajstić information content (AvgIpc) is 2.45. The molecule has 2 aliphatic heterocycles. The van der Waals surface area contributed by atoms with Crippen molar-refractivity contribution in [2.75, 3.05) is 44.7 Å². The topological polar surface area (TPSA) is 52.7 Å². The van der Waals surface area contributed by atoms with E-state index in [9.17, 15) is 9.59 Å². The first-order valence-corrected chi connectivity index (χ1v) is 8.38. The van der Waals surface area contributed by atoms with Gasteiger partial charge >= 0.3 is 0 Å². The highest BCUT2D eigenvalue weighted by molar-refractivity contribution is 7.98. The maximum Gasteiger partial charge on any atom is 0.236 e. The van der Waals surface area contributed by atoms with E-state index in [0.29, 0.717) is 13.0 Å². The molecule has 0 aromatic carbocycles. The minimum absolute atomic E-state index is 0.176. The fraction of sp³-hybridized carbons (Fsp3) is 0.846. The van der Waals surface area contributed by atoms with Gasteiger partial charge in [0.1, 0.15) is 0 Å². The standard InChI is InChI=1S/C13H23N3O2S/c1-19-8-4-12(17)15-6-2-3-11(10-15)16-7-5-14-9-13(16)18/h11,14H,2-10H2,1H3. The van der Waals surface area contributed by atoms with Crippen LogP contribution < -0.4 is 5.32 Å². The first-order valence-electron chi connectivity index (χ1n) is 6.99. The maximum absolute atomic E-state index is 12.1. The predicted molar refractivity (Wildman–Crippen MR) is 77.2 cm³/mol. The number of carbonyl (C=O) groups excluding carboxylic acids is 2. The Bertz CT molecular complexity index is 338. The van der Waals surface area contributed by atoms with Gasteiger partial charge in [0.25, 0.3) is 0 Å². The summed E-state index contributed by atoms with van der Waals surface area (Å²) in [5.41, 5.74) is 0. The second kappa shape index (κ2) is 7.14. The summed E-state index contributed by atoms with van der Waals surface area (Å²) in [6.45, 7) is 3.65. The van der Waals surface area contributed by atoms with Crippen molar-refractivity contribution in [2.24, 2.45) is 0 Å². The molecule has 6 heteroatoms. The van der Waals surface area contributed by atoms with Crippen molar-refractivity contribution in [2.45, 2.75) is 25.3 Å². The van der Waals surface area contributed by atoms with Gasteiger partial charge in [-0.25, -0.2) is 0 Å². The molecule has 1 N–H and O–H groups in total. The van der Waals surface area contributed by atoms with Crippen LogP contribution >= 0.6 is 11.8 Å². The molecule has 0 bridgehead atoms. The zero-order valence-electron chi connectivity index (χ0n) is 11.6. The van der Waals surface area contributed by atoms with Gasteiger partial charge < -0.3 is 15.1 Å². The van der Waals surface area contributed by atoms with Crippen molar-refractivity contribution in [3.63, 3.8) is 0 Å². The van der Waals surface area contributed by atoms with Crippen molar-refractivity contribution in [1.82, 2.24) is 15.1 Å². The molecule has 1 atom stereocenters. The number of amides is 2. The smallest absolute Gasteiger partial charge is 0.236 e. The van der Waals surface area contributed by atoms with Crippen molar-refractivity contribution < 1.29 is 9.59 Å². The van der Waals surface area contributed by atoms with Crippen LogP contribution in [0.2, 0.25) is 0 Å². The largest absolute Gasteiger partial charge is 0.341 e. The molecule has 5 nitrogen and oxygen atoms in total. The number of piperazine rings is 1. The molecule has 2 fully saturated rings. The van der Waals surface area contributed by atoms with E-state index in [1.165, 1.54) is 0 Å². The Kier molecular flexibility index (Phi) is 5.51. The van der Waals surface area contributed by atoms with E-state index in [0.717, 1.165) is 44.8 Å². The van der Waals surface area contributed by atoms with E-state index in [-0.39, 0.29) is 17.9 Å². The lowest BCUT2D eigenvalue weighted by atomic mass is 10.0. The van der Waals surface area contributed by atoms with E-state index < -0.39 is 0 Å². The molecule has 2 aliphatic rings. The molecule has 2 saturated heterocycles. The summed E-state index contributed by atoms with van der Waals surface area (Å²) in [5, 5.41) is 3.09. The molecule has 2 heterocycles. The van der Waals surface area contributed by atoms with Gasteiger partial charge in [-0.15, -0.1) is 0 Å². The van der Waals surface area contributed by atoms with Crippen molar-refractivity contribution >= 4 is 23.6 Å². The lowest BCUT2D eigenvalue weighted by Crippen LogP contribution is -2.57. The minimum Gasteiger partial charge on any atom is -0.341 e. The number of hydrogen-bond acceptors (Lipinski definition) is 4. The molecule has 1 unspecified atom stereocenters. The molecule has 0 aromatic rings. The van der Waals surface area contributed by atoms with Gasteiger partial charge in [-0.3, -0.25) is 9.59 Å². The van der Waals surface area contributed by atoms with Crippen molar-refractivity contribution in [1.29, 1.82) is 0 Å². The highest BCUT2D eigenvalue weighted by Crippen LogP contribution is 2.18. The fourth-order valence-corrected chi connectivity index (χ4v) is 3.17. The molecule has 2 amide bonds. The molecule has 0 aliphatic carbocycles. The summed E-state index contributed by atoms with van der Waals surface area (Å²) in [6, 6.07) is 0.224. The number of nitrogens with zero attached hydrogens (tertiary/aromatic N) is 2. The third kappa shape index (κ3) is 3.86. The Labute approximate surface area is 119 Å². The number of carbonyl (C=O) groups is 2. The van der Waals surface area contributed by atoms with Crippen molar-refractivity contribution in [3.8, 4) is 0 Å². The highest BCUT2D eigenvalue weighted by Gasteiger charge is 2.31. The highest BCUT2D eigenvalue weighted by atomic mass is 32.2. The second-order valence-corrected chi connectivity index (χ2v) is 6.13. The van der Waals surface area contributed by atoms with Gasteiger partial charge in [0.05, 0.1) is 6.54 Å². The molecule has 0 aromatic heterocycles. The van der Waals surface area contributed by atoms with Crippen LogP contribution in [0.4, 0.5) is 0 Å². The Balaban J connectivity index is 1.89. The predicted octanol–water partition coefficient (Wildman–Crippen LogP) is 0.162. The number of nitrogens with one attached hydrogen (secondary N) is 1. The monoisotopic (exact) mass is 285 g/mol. The van der Waals surface area contributed by atoms with Gasteiger partial charge in [-0.1, -0.05) is 0 Å². The molecule has 0 spiro atoms. The normalized spacial score (nSPS) is 24.7. The second-order valence-electron chi connectivity index (χ2n) is 5.14. The lowest BCUT2D eigenvalue weighted by Gasteiger charge is -2.41. The zero-order chi connectivity index (χ0) is 13.7. The molecule has 2 rings (SSSR count). The Morgan fingerprint density at radius 3 is 3.05 bits per heavy atom. The molecule has 0 radical (unpaired) electrons. The lowest BCUT2D eigenvalue weighted by molar-refractivity contribution is -0.140. The molecule has 108 valence electrons. The SMILES string of the molecule is CSCCC(=O)N1CCCC(N2CCNCC2=O)C1. The van der Waals surface area contributed by atoms with Crippen LogP contribution in [0.5, 0.6) is 0 Å². The van der Waals surface area contributed by atoms with Crippen LogP contribution in [0.25, 0.3) is 0 Å². The van der Waals surface area contributed by atoms with Crippen LogP contribution in [0.1, 0.15) is 19.3 Å². The minimum atomic E-state index is 0.176. The van der Waals surface area contributed by atoms with Crippen molar-refractivity contribution in [3.05, 3.63) is 0 Å². The van der Waals surface area contributed by atoms with E-state index in [4.69, 9.17) is 0 Å². The summed E-state index contributed by atoms with van der Waals surface area (Å²) in [7, 11) is 0. The van der Waals surface area contributed by atoms with E-state index >= 15 is 0 Å². The third-order valence-corrected chi connectivity index (χ3v) is 4.45. The zero-order valence-corrected chi connectivity index (χ0v) is 12.4. The van der Waals surface area contributed by atoms with Gasteiger partial charge in [0, 0.05) is 44.4 Å². The third-order valence-electron chi connectivity index (χ3n) is 3.84. The molecule has 19 heavy (non-hydrogen) atoms. The van der Waals surface area contributed by atoms with Crippen LogP contribution in [-0.2, 0) is 9.59 Å². The van der Waals surface area contributed by atoms with E-state index in [2.05, 4.69) is 5.32 Å². The van der Waals surface area contributed by atoms with Crippen LogP contribution in [0, 0.1) is 0 Å². The molecule has 0 saturated carbocycles. The number of piperidine rings is 1. The number of hydrogen-bond donors (Lipinski definition) is 1. The Morgan fingerprint density at radius 1 is 1.47 bits per heavy atom. The van der Waals surface area contributed by atoms with Crippen LogP contribution in [0.15, 0.2) is 0 Å². The number of rotatable bonds is 4. The average molecular weight is 285 g/mol. The number of likely N-dealkylation sites (tertiary alicyclic amines) is 1. The molecular formula is C13H23N3O2S. The van der Waals surface area contributed by atoms with E-state index in [1.807, 2.05) is 16.1 Å². The summed E-state index contributed by atoms with van der Waals surface area (Å²) in [6.07, 6.45) is 4.67. The summed E-state index contributed by atoms with van der Waals surface area (Å²) < 4.78 is 0. The first kappa shape index (κ1) is 14.7. The summed E-state index contributed by atoms with van der Waals surface area (Å²) in [4.78, 5) is 27.9.